The molecule has 1 atom stereocenters. The highest BCUT2D eigenvalue weighted by molar-refractivity contribution is 5.82. The average molecular weight is 226 g/mol. The van der Waals surface area contributed by atoms with E-state index in [0.717, 1.165) is 25.9 Å². The number of rotatable bonds is 1. The maximum Gasteiger partial charge on any atom is 0.240 e. The van der Waals surface area contributed by atoms with Crippen LogP contribution in [0.1, 0.15) is 33.1 Å². The second-order valence-electron chi connectivity index (χ2n) is 5.36. The molecular weight excluding hydrogens is 204 g/mol. The van der Waals surface area contributed by atoms with Crippen LogP contribution in [0.3, 0.4) is 0 Å². The first kappa shape index (κ1) is 11.9. The largest absolute Gasteiger partial charge is 0.377 e. The Morgan fingerprint density at radius 1 is 1.44 bits per heavy atom. The SMILES string of the molecule is CC1(C)COCCN1C(=O)[C@H]1CCCCN1. The summed E-state index contributed by atoms with van der Waals surface area (Å²) in [4.78, 5) is 14.4. The zero-order valence-corrected chi connectivity index (χ0v) is 10.3. The first-order chi connectivity index (χ1) is 7.61. The highest BCUT2D eigenvalue weighted by Crippen LogP contribution is 2.21. The monoisotopic (exact) mass is 226 g/mol. The molecule has 0 unspecified atom stereocenters. The summed E-state index contributed by atoms with van der Waals surface area (Å²) in [5.74, 6) is 0.257. The molecule has 2 saturated heterocycles. The number of carbonyl (C=O) groups excluding carboxylic acids is 1. The summed E-state index contributed by atoms with van der Waals surface area (Å²) in [6, 6.07) is 0.0334. The average Bonchev–Trinajstić information content (AvgIpc) is 2.29. The predicted octanol–water partition coefficient (Wildman–Crippen LogP) is 0.766. The lowest BCUT2D eigenvalue weighted by molar-refractivity contribution is -0.149. The van der Waals surface area contributed by atoms with E-state index in [1.54, 1.807) is 0 Å². The Hall–Kier alpha value is -0.610. The highest BCUT2D eigenvalue weighted by Gasteiger charge is 2.37. The molecule has 0 spiro atoms. The normalized spacial score (nSPS) is 30.1. The molecule has 0 saturated carbocycles. The molecule has 16 heavy (non-hydrogen) atoms. The van der Waals surface area contributed by atoms with Gasteiger partial charge < -0.3 is 15.0 Å². The minimum Gasteiger partial charge on any atom is -0.377 e. The molecule has 0 aromatic rings. The van der Waals surface area contributed by atoms with Crippen molar-refractivity contribution in [3.05, 3.63) is 0 Å². The van der Waals surface area contributed by atoms with Gasteiger partial charge in [-0.15, -0.1) is 0 Å². The van der Waals surface area contributed by atoms with Gasteiger partial charge in [0.25, 0.3) is 0 Å². The first-order valence-electron chi connectivity index (χ1n) is 6.24. The number of carbonyl (C=O) groups is 1. The summed E-state index contributed by atoms with van der Waals surface area (Å²) in [6.45, 7) is 7.16. The van der Waals surface area contributed by atoms with Crippen LogP contribution in [0.2, 0.25) is 0 Å². The van der Waals surface area contributed by atoms with Gasteiger partial charge in [0, 0.05) is 6.54 Å². The maximum absolute atomic E-state index is 12.4. The van der Waals surface area contributed by atoms with Crippen molar-refractivity contribution in [1.29, 1.82) is 0 Å². The Labute approximate surface area is 97.3 Å². The molecule has 1 amide bonds. The smallest absolute Gasteiger partial charge is 0.240 e. The molecule has 2 aliphatic rings. The standard InChI is InChI=1S/C12H22N2O2/c1-12(2)9-16-8-7-14(12)11(15)10-5-3-4-6-13-10/h10,13H,3-9H2,1-2H3/t10-/m1/s1. The number of nitrogens with one attached hydrogen (secondary N) is 1. The molecule has 2 heterocycles. The van der Waals surface area contributed by atoms with E-state index in [-0.39, 0.29) is 17.5 Å². The van der Waals surface area contributed by atoms with Gasteiger partial charge in [-0.1, -0.05) is 6.42 Å². The van der Waals surface area contributed by atoms with E-state index in [4.69, 9.17) is 4.74 Å². The van der Waals surface area contributed by atoms with Crippen molar-refractivity contribution in [2.45, 2.75) is 44.7 Å². The van der Waals surface area contributed by atoms with E-state index < -0.39 is 0 Å². The van der Waals surface area contributed by atoms with Crippen LogP contribution in [0.5, 0.6) is 0 Å². The zero-order valence-electron chi connectivity index (χ0n) is 10.3. The van der Waals surface area contributed by atoms with Crippen LogP contribution in [0.25, 0.3) is 0 Å². The number of amides is 1. The van der Waals surface area contributed by atoms with Gasteiger partial charge in [0.15, 0.2) is 0 Å². The molecule has 92 valence electrons. The summed E-state index contributed by atoms with van der Waals surface area (Å²) in [7, 11) is 0. The summed E-state index contributed by atoms with van der Waals surface area (Å²) in [6.07, 6.45) is 3.33. The van der Waals surface area contributed by atoms with E-state index >= 15 is 0 Å². The predicted molar refractivity (Wildman–Crippen MR) is 62.3 cm³/mol. The molecule has 0 aromatic heterocycles. The fraction of sp³-hybridized carbons (Fsp3) is 0.917. The lowest BCUT2D eigenvalue weighted by Gasteiger charge is -2.44. The molecule has 0 bridgehead atoms. The molecule has 2 rings (SSSR count). The van der Waals surface area contributed by atoms with Gasteiger partial charge in [-0.3, -0.25) is 4.79 Å². The van der Waals surface area contributed by atoms with Crippen LogP contribution >= 0.6 is 0 Å². The lowest BCUT2D eigenvalue weighted by Crippen LogP contribution is -2.60. The van der Waals surface area contributed by atoms with Gasteiger partial charge in [-0.2, -0.15) is 0 Å². The van der Waals surface area contributed by atoms with E-state index in [2.05, 4.69) is 19.2 Å². The minimum absolute atomic E-state index is 0.0334. The molecule has 0 aromatic carbocycles. The fourth-order valence-corrected chi connectivity index (χ4v) is 2.52. The van der Waals surface area contributed by atoms with E-state index in [1.807, 2.05) is 4.90 Å². The number of hydrogen-bond donors (Lipinski definition) is 1. The Morgan fingerprint density at radius 3 is 2.88 bits per heavy atom. The van der Waals surface area contributed by atoms with Crippen molar-refractivity contribution < 1.29 is 9.53 Å². The Balaban J connectivity index is 2.01. The minimum atomic E-state index is -0.158. The zero-order chi connectivity index (χ0) is 11.6. The van der Waals surface area contributed by atoms with Crippen molar-refractivity contribution in [2.75, 3.05) is 26.3 Å². The second kappa shape index (κ2) is 4.72. The third-order valence-electron chi connectivity index (χ3n) is 3.52. The third-order valence-corrected chi connectivity index (χ3v) is 3.52. The summed E-state index contributed by atoms with van der Waals surface area (Å²) >= 11 is 0. The van der Waals surface area contributed by atoms with Crippen LogP contribution in [0.15, 0.2) is 0 Å². The summed E-state index contributed by atoms with van der Waals surface area (Å²) in [5, 5.41) is 3.32. The van der Waals surface area contributed by atoms with Gasteiger partial charge in [0.2, 0.25) is 5.91 Å². The molecule has 2 aliphatic heterocycles. The van der Waals surface area contributed by atoms with Gasteiger partial charge in [0.05, 0.1) is 24.8 Å². The van der Waals surface area contributed by atoms with Crippen LogP contribution in [0, 0.1) is 0 Å². The van der Waals surface area contributed by atoms with Gasteiger partial charge >= 0.3 is 0 Å². The molecule has 2 fully saturated rings. The van der Waals surface area contributed by atoms with Gasteiger partial charge in [-0.05, 0) is 33.2 Å². The second-order valence-corrected chi connectivity index (χ2v) is 5.36. The van der Waals surface area contributed by atoms with Crippen LogP contribution in [-0.2, 0) is 9.53 Å². The van der Waals surface area contributed by atoms with Crippen LogP contribution in [-0.4, -0.2) is 48.7 Å². The molecule has 4 nitrogen and oxygen atoms in total. The van der Waals surface area contributed by atoms with Crippen molar-refractivity contribution in [3.8, 4) is 0 Å². The maximum atomic E-state index is 12.4. The topological polar surface area (TPSA) is 41.6 Å². The molecule has 0 radical (unpaired) electrons. The molecule has 1 N–H and O–H groups in total. The van der Waals surface area contributed by atoms with Crippen molar-refractivity contribution in [2.24, 2.45) is 0 Å². The molecule has 0 aliphatic carbocycles. The number of nitrogens with zero attached hydrogens (tertiary/aromatic N) is 1. The quantitative estimate of drug-likeness (QED) is 0.718. The number of hydrogen-bond acceptors (Lipinski definition) is 3. The number of morpholine rings is 1. The van der Waals surface area contributed by atoms with Crippen molar-refractivity contribution >= 4 is 5.91 Å². The van der Waals surface area contributed by atoms with Gasteiger partial charge in [-0.25, -0.2) is 0 Å². The van der Waals surface area contributed by atoms with Gasteiger partial charge in [0.1, 0.15) is 0 Å². The van der Waals surface area contributed by atoms with Crippen molar-refractivity contribution in [3.63, 3.8) is 0 Å². The number of ether oxygens (including phenoxy) is 1. The Kier molecular flexibility index (Phi) is 3.50. The van der Waals surface area contributed by atoms with E-state index in [9.17, 15) is 4.79 Å². The number of piperidine rings is 1. The Morgan fingerprint density at radius 2 is 2.25 bits per heavy atom. The van der Waals surface area contributed by atoms with Crippen LogP contribution < -0.4 is 5.32 Å². The summed E-state index contributed by atoms with van der Waals surface area (Å²) in [5.41, 5.74) is -0.158. The van der Waals surface area contributed by atoms with Crippen LogP contribution in [0.4, 0.5) is 0 Å². The fourth-order valence-electron chi connectivity index (χ4n) is 2.52. The van der Waals surface area contributed by atoms with E-state index in [1.165, 1.54) is 6.42 Å². The summed E-state index contributed by atoms with van der Waals surface area (Å²) < 4.78 is 5.44. The lowest BCUT2D eigenvalue weighted by atomic mass is 9.98. The highest BCUT2D eigenvalue weighted by atomic mass is 16.5. The van der Waals surface area contributed by atoms with Crippen molar-refractivity contribution in [1.82, 2.24) is 10.2 Å². The molecular formula is C12H22N2O2. The van der Waals surface area contributed by atoms with E-state index in [0.29, 0.717) is 13.2 Å². The first-order valence-corrected chi connectivity index (χ1v) is 6.24. The third kappa shape index (κ3) is 2.38. The Bertz CT molecular complexity index is 260. The molecule has 4 heteroatoms.